The van der Waals surface area contributed by atoms with Crippen LogP contribution in [-0.4, -0.2) is 76.4 Å². The molecule has 188 valence electrons. The van der Waals surface area contributed by atoms with Crippen LogP contribution < -0.4 is 0 Å². The van der Waals surface area contributed by atoms with E-state index in [1.165, 1.54) is 17.2 Å². The van der Waals surface area contributed by atoms with Crippen LogP contribution >= 0.6 is 0 Å². The summed E-state index contributed by atoms with van der Waals surface area (Å²) in [4.78, 5) is 31.4. The zero-order valence-corrected chi connectivity index (χ0v) is 21.5. The molecule has 6 nitrogen and oxygen atoms in total. The van der Waals surface area contributed by atoms with Crippen LogP contribution in [-0.2, 0) is 17.9 Å². The van der Waals surface area contributed by atoms with Crippen molar-refractivity contribution in [1.82, 2.24) is 14.7 Å². The van der Waals surface area contributed by atoms with E-state index in [9.17, 15) is 9.59 Å². The zero-order valence-electron chi connectivity index (χ0n) is 21.5. The van der Waals surface area contributed by atoms with E-state index < -0.39 is 6.61 Å². The van der Waals surface area contributed by atoms with Gasteiger partial charge in [0.25, 0.3) is 5.91 Å². The molecule has 0 bridgehead atoms. The fraction of sp³-hybridized carbons (Fsp3) is 0.448. The van der Waals surface area contributed by atoms with Crippen LogP contribution in [0.3, 0.4) is 0 Å². The highest BCUT2D eigenvalue weighted by Gasteiger charge is 2.32. The first kappa shape index (κ1) is 26.8. The van der Waals surface area contributed by atoms with Crippen LogP contribution in [0.4, 0.5) is 0 Å². The first-order chi connectivity index (χ1) is 16.8. The highest BCUT2D eigenvalue weighted by molar-refractivity contribution is 5.95. The summed E-state index contributed by atoms with van der Waals surface area (Å²) < 4.78 is 0. The maximum Gasteiger partial charge on any atom is 0.253 e. The van der Waals surface area contributed by atoms with E-state index in [2.05, 4.69) is 55.7 Å². The lowest BCUT2D eigenvalue weighted by Crippen LogP contribution is -2.57. The van der Waals surface area contributed by atoms with Crippen molar-refractivity contribution < 1.29 is 14.7 Å². The Morgan fingerprint density at radius 3 is 2.26 bits per heavy atom. The number of hydrogen-bond donors (Lipinski definition) is 1. The molecule has 1 heterocycles. The standard InChI is InChI=1S/C29H39N3O3/c1-5-30(6-2)19-26-8-7-9-27(16-26)29(35)31-17-22(3)32(23(4)18-31)20-25-12-10-24(11-13-25)14-15-28(34)21-33/h7-16,22-23,33H,5-6,17-21H2,1-4H3/b15-14+/t22-,23+. The average Bonchev–Trinajstić information content (AvgIpc) is 2.88. The van der Waals surface area contributed by atoms with Gasteiger partial charge in [-0.25, -0.2) is 0 Å². The molecule has 3 rings (SSSR count). The van der Waals surface area contributed by atoms with E-state index in [0.717, 1.165) is 37.3 Å². The first-order valence-corrected chi connectivity index (χ1v) is 12.6. The minimum absolute atomic E-state index is 0.110. The topological polar surface area (TPSA) is 64.1 Å². The summed E-state index contributed by atoms with van der Waals surface area (Å²) in [6, 6.07) is 16.7. The predicted octanol–water partition coefficient (Wildman–Crippen LogP) is 3.84. The Labute approximate surface area is 209 Å². The molecule has 1 aliphatic heterocycles. The molecule has 0 aromatic heterocycles. The van der Waals surface area contributed by atoms with E-state index in [4.69, 9.17) is 5.11 Å². The molecule has 1 N–H and O–H groups in total. The Kier molecular flexibility index (Phi) is 9.78. The van der Waals surface area contributed by atoms with Gasteiger partial charge in [0, 0.05) is 43.8 Å². The fourth-order valence-electron chi connectivity index (χ4n) is 4.71. The van der Waals surface area contributed by atoms with Crippen molar-refractivity contribution >= 4 is 17.8 Å². The number of benzene rings is 2. The largest absolute Gasteiger partial charge is 0.388 e. The van der Waals surface area contributed by atoms with Crippen molar-refractivity contribution in [2.75, 3.05) is 32.8 Å². The van der Waals surface area contributed by atoms with Crippen LogP contribution in [0.25, 0.3) is 6.08 Å². The van der Waals surface area contributed by atoms with Crippen molar-refractivity contribution in [3.8, 4) is 0 Å². The number of piperazine rings is 1. The molecule has 0 aliphatic carbocycles. The summed E-state index contributed by atoms with van der Waals surface area (Å²) in [5, 5.41) is 8.84. The Morgan fingerprint density at radius 2 is 1.66 bits per heavy atom. The molecule has 0 unspecified atom stereocenters. The van der Waals surface area contributed by atoms with Gasteiger partial charge in [-0.3, -0.25) is 19.4 Å². The van der Waals surface area contributed by atoms with E-state index in [1.54, 1.807) is 6.08 Å². The third-order valence-corrected chi connectivity index (χ3v) is 6.83. The highest BCUT2D eigenvalue weighted by Crippen LogP contribution is 2.22. The average molecular weight is 478 g/mol. The highest BCUT2D eigenvalue weighted by atomic mass is 16.3. The maximum atomic E-state index is 13.3. The van der Waals surface area contributed by atoms with Crippen LogP contribution in [0.2, 0.25) is 0 Å². The molecule has 0 radical (unpaired) electrons. The normalized spacial score (nSPS) is 19.0. The molecular formula is C29H39N3O3. The summed E-state index contributed by atoms with van der Waals surface area (Å²) >= 11 is 0. The SMILES string of the molecule is CCN(CC)Cc1cccc(C(=O)N2C[C@@H](C)N(Cc3ccc(/C=C/C(=O)CO)cc3)[C@@H](C)C2)c1. The van der Waals surface area contributed by atoms with Crippen LogP contribution in [0.15, 0.2) is 54.6 Å². The lowest BCUT2D eigenvalue weighted by Gasteiger charge is -2.44. The minimum atomic E-state index is -0.472. The molecular weight excluding hydrogens is 438 g/mol. The van der Waals surface area contributed by atoms with E-state index in [1.807, 2.05) is 35.2 Å². The Morgan fingerprint density at radius 1 is 1.00 bits per heavy atom. The minimum Gasteiger partial charge on any atom is -0.388 e. The second-order valence-electron chi connectivity index (χ2n) is 9.44. The Bertz CT molecular complexity index is 1000. The molecule has 35 heavy (non-hydrogen) atoms. The predicted molar refractivity (Wildman–Crippen MR) is 141 cm³/mol. The van der Waals surface area contributed by atoms with Crippen LogP contribution in [0.1, 0.15) is 54.7 Å². The van der Waals surface area contributed by atoms with Crippen molar-refractivity contribution in [2.24, 2.45) is 0 Å². The lowest BCUT2D eigenvalue weighted by atomic mass is 10.0. The van der Waals surface area contributed by atoms with Crippen molar-refractivity contribution in [2.45, 2.75) is 52.9 Å². The molecule has 6 heteroatoms. The molecule has 1 aliphatic rings. The quantitative estimate of drug-likeness (QED) is 0.527. The third kappa shape index (κ3) is 7.34. The Balaban J connectivity index is 1.62. The maximum absolute atomic E-state index is 13.3. The van der Waals surface area contributed by atoms with Gasteiger partial charge in [-0.15, -0.1) is 0 Å². The van der Waals surface area contributed by atoms with Gasteiger partial charge in [-0.2, -0.15) is 0 Å². The van der Waals surface area contributed by atoms with E-state index in [0.29, 0.717) is 13.1 Å². The number of hydrogen-bond acceptors (Lipinski definition) is 5. The van der Waals surface area contributed by atoms with Crippen molar-refractivity contribution in [3.05, 3.63) is 76.9 Å². The number of ketones is 1. The monoisotopic (exact) mass is 477 g/mol. The fourth-order valence-corrected chi connectivity index (χ4v) is 4.71. The summed E-state index contributed by atoms with van der Waals surface area (Å²) in [5.74, 6) is -0.196. The van der Waals surface area contributed by atoms with Crippen molar-refractivity contribution in [1.29, 1.82) is 0 Å². The second-order valence-corrected chi connectivity index (χ2v) is 9.44. The molecule has 1 fully saturated rings. The van der Waals surface area contributed by atoms with Gasteiger partial charge in [-0.1, -0.05) is 56.3 Å². The molecule has 1 amide bonds. The Hall–Kier alpha value is -2.80. The van der Waals surface area contributed by atoms with Gasteiger partial charge in [0.15, 0.2) is 5.78 Å². The second kappa shape index (κ2) is 12.8. The molecule has 2 aromatic carbocycles. The molecule has 0 spiro atoms. The molecule has 0 saturated carbocycles. The van der Waals surface area contributed by atoms with Gasteiger partial charge in [0.05, 0.1) is 0 Å². The van der Waals surface area contributed by atoms with Gasteiger partial charge in [0.2, 0.25) is 0 Å². The number of rotatable bonds is 10. The summed E-state index contributed by atoms with van der Waals surface area (Å²) in [6.07, 6.45) is 3.11. The van der Waals surface area contributed by atoms with Crippen LogP contribution in [0, 0.1) is 0 Å². The van der Waals surface area contributed by atoms with Gasteiger partial charge in [-0.05, 0) is 61.8 Å². The van der Waals surface area contributed by atoms with Gasteiger partial charge >= 0.3 is 0 Å². The number of aliphatic hydroxyl groups is 1. The molecule has 1 saturated heterocycles. The number of carbonyl (C=O) groups excluding carboxylic acids is 2. The van der Waals surface area contributed by atoms with Gasteiger partial charge < -0.3 is 10.0 Å². The summed E-state index contributed by atoms with van der Waals surface area (Å²) in [5.41, 5.74) is 4.07. The van der Waals surface area contributed by atoms with Crippen LogP contribution in [0.5, 0.6) is 0 Å². The molecule has 2 aromatic rings. The number of aliphatic hydroxyl groups excluding tert-OH is 1. The smallest absolute Gasteiger partial charge is 0.253 e. The summed E-state index contributed by atoms with van der Waals surface area (Å²) in [7, 11) is 0. The lowest BCUT2D eigenvalue weighted by molar-refractivity contribution is -0.117. The zero-order chi connectivity index (χ0) is 25.4. The third-order valence-electron chi connectivity index (χ3n) is 6.83. The van der Waals surface area contributed by atoms with Gasteiger partial charge in [0.1, 0.15) is 6.61 Å². The number of nitrogens with zero attached hydrogens (tertiary/aromatic N) is 3. The van der Waals surface area contributed by atoms with Crippen molar-refractivity contribution in [3.63, 3.8) is 0 Å². The first-order valence-electron chi connectivity index (χ1n) is 12.6. The summed E-state index contributed by atoms with van der Waals surface area (Å²) in [6.45, 7) is 13.3. The van der Waals surface area contributed by atoms with E-state index >= 15 is 0 Å². The molecule has 2 atom stereocenters. The number of amides is 1. The van der Waals surface area contributed by atoms with E-state index in [-0.39, 0.29) is 23.8 Å². The number of carbonyl (C=O) groups is 2.